The number of hydrogen-bond donors (Lipinski definition) is 0. The van der Waals surface area contributed by atoms with Crippen LogP contribution >= 0.6 is 0 Å². The molecule has 3 aromatic rings. The van der Waals surface area contributed by atoms with Gasteiger partial charge in [-0.1, -0.05) is 18.2 Å². The van der Waals surface area contributed by atoms with Crippen molar-refractivity contribution in [3.05, 3.63) is 69.6 Å². The van der Waals surface area contributed by atoms with Crippen LogP contribution in [0, 0.1) is 6.92 Å². The van der Waals surface area contributed by atoms with Crippen LogP contribution in [0.1, 0.15) is 21.6 Å². The Labute approximate surface area is 195 Å². The van der Waals surface area contributed by atoms with Gasteiger partial charge in [-0.15, -0.1) is 0 Å². The standard InChI is InChI=1S/C21H21N3O5.Na/c1-13-18(20(25)24(23(13)2)15-8-6-5-7-9-15)22-12-14-10-11-16(28-3)19(29-4)17(14)21(26)27;/h5-12H,1-4H3,(H,26,27);/q;+1/p-1. The molecule has 1 aromatic heterocycles. The molecular weight excluding hydrogens is 397 g/mol. The van der Waals surface area contributed by atoms with Crippen LogP contribution in [0.2, 0.25) is 0 Å². The van der Waals surface area contributed by atoms with Crippen molar-refractivity contribution in [3.8, 4) is 17.2 Å². The van der Waals surface area contributed by atoms with E-state index in [9.17, 15) is 14.7 Å². The minimum Gasteiger partial charge on any atom is -0.545 e. The first-order chi connectivity index (χ1) is 13.9. The molecule has 1 heterocycles. The smallest absolute Gasteiger partial charge is 0.545 e. The molecule has 0 aliphatic rings. The molecule has 0 radical (unpaired) electrons. The summed E-state index contributed by atoms with van der Waals surface area (Å²) < 4.78 is 13.5. The van der Waals surface area contributed by atoms with Gasteiger partial charge in [0.15, 0.2) is 17.2 Å². The number of aromatic carboxylic acids is 1. The van der Waals surface area contributed by atoms with E-state index in [4.69, 9.17) is 9.47 Å². The maximum atomic E-state index is 12.9. The predicted molar refractivity (Wildman–Crippen MR) is 107 cm³/mol. The van der Waals surface area contributed by atoms with Crippen LogP contribution in [0.3, 0.4) is 0 Å². The zero-order chi connectivity index (χ0) is 21.1. The fraction of sp³-hybridized carbons (Fsp3) is 0.190. The van der Waals surface area contributed by atoms with Crippen molar-refractivity contribution in [2.45, 2.75) is 6.92 Å². The van der Waals surface area contributed by atoms with E-state index in [1.807, 2.05) is 30.3 Å². The summed E-state index contributed by atoms with van der Waals surface area (Å²) in [6.45, 7) is 1.77. The summed E-state index contributed by atoms with van der Waals surface area (Å²) in [5.74, 6) is -1.15. The van der Waals surface area contributed by atoms with E-state index < -0.39 is 5.97 Å². The Kier molecular flexibility index (Phi) is 7.66. The number of carbonyl (C=O) groups is 1. The Bertz CT molecular complexity index is 1150. The molecule has 9 heteroatoms. The van der Waals surface area contributed by atoms with Gasteiger partial charge in [-0.3, -0.25) is 9.48 Å². The van der Waals surface area contributed by atoms with Crippen molar-refractivity contribution < 1.29 is 48.9 Å². The van der Waals surface area contributed by atoms with Crippen LogP contribution < -0.4 is 49.7 Å². The van der Waals surface area contributed by atoms with Gasteiger partial charge in [0.2, 0.25) is 0 Å². The fourth-order valence-electron chi connectivity index (χ4n) is 3.10. The van der Waals surface area contributed by atoms with Gasteiger partial charge in [0, 0.05) is 18.8 Å². The summed E-state index contributed by atoms with van der Waals surface area (Å²) >= 11 is 0. The average molecular weight is 417 g/mol. The first-order valence-corrected chi connectivity index (χ1v) is 8.75. The number of carbonyl (C=O) groups excluding carboxylic acids is 1. The van der Waals surface area contributed by atoms with Gasteiger partial charge in [0.1, 0.15) is 0 Å². The molecule has 30 heavy (non-hydrogen) atoms. The topological polar surface area (TPSA) is 97.9 Å². The second-order valence-electron chi connectivity index (χ2n) is 6.22. The third-order valence-corrected chi connectivity index (χ3v) is 4.64. The number of rotatable bonds is 6. The summed E-state index contributed by atoms with van der Waals surface area (Å²) in [5.41, 5.74) is 1.25. The molecule has 0 unspecified atom stereocenters. The van der Waals surface area contributed by atoms with Crippen LogP contribution in [0.5, 0.6) is 11.5 Å². The molecule has 0 amide bonds. The number of aromatic nitrogens is 2. The SMILES string of the molecule is COc1ccc(C=Nc2c(C)n(C)n(-c3ccccc3)c2=O)c(C(=O)[O-])c1OC.[Na+]. The second-order valence-corrected chi connectivity index (χ2v) is 6.22. The minimum atomic E-state index is -1.44. The Hall–Kier alpha value is -2.81. The molecule has 0 spiro atoms. The third-order valence-electron chi connectivity index (χ3n) is 4.64. The van der Waals surface area contributed by atoms with Gasteiger partial charge < -0.3 is 19.4 Å². The Morgan fingerprint density at radius 1 is 1.10 bits per heavy atom. The van der Waals surface area contributed by atoms with Gasteiger partial charge in [0.05, 0.1) is 37.1 Å². The number of ether oxygens (including phenoxy) is 2. The van der Waals surface area contributed by atoms with Gasteiger partial charge >= 0.3 is 29.6 Å². The van der Waals surface area contributed by atoms with E-state index >= 15 is 0 Å². The zero-order valence-corrected chi connectivity index (χ0v) is 19.5. The Morgan fingerprint density at radius 3 is 2.33 bits per heavy atom. The zero-order valence-electron chi connectivity index (χ0n) is 17.5. The quantitative estimate of drug-likeness (QED) is 0.364. The first kappa shape index (κ1) is 23.5. The minimum absolute atomic E-state index is 0. The van der Waals surface area contributed by atoms with Crippen molar-refractivity contribution in [3.63, 3.8) is 0 Å². The molecule has 0 saturated carbocycles. The maximum Gasteiger partial charge on any atom is 1.00 e. The number of methoxy groups -OCH3 is 2. The van der Waals surface area contributed by atoms with Crippen molar-refractivity contribution in [2.24, 2.45) is 12.0 Å². The molecule has 150 valence electrons. The summed E-state index contributed by atoms with van der Waals surface area (Å²) in [6, 6.07) is 12.2. The number of aliphatic imine (C=N–C) groups is 1. The molecule has 0 aliphatic carbocycles. The van der Waals surface area contributed by atoms with E-state index in [-0.39, 0.29) is 63.4 Å². The summed E-state index contributed by atoms with van der Waals surface area (Å²) in [7, 11) is 4.50. The monoisotopic (exact) mass is 417 g/mol. The normalized spacial score (nSPS) is 10.7. The molecule has 2 aromatic carbocycles. The van der Waals surface area contributed by atoms with E-state index in [0.29, 0.717) is 11.4 Å². The summed E-state index contributed by atoms with van der Waals surface area (Å²) in [5, 5.41) is 11.7. The van der Waals surface area contributed by atoms with E-state index in [2.05, 4.69) is 4.99 Å². The van der Waals surface area contributed by atoms with Crippen molar-refractivity contribution >= 4 is 17.9 Å². The number of carboxylic acids is 1. The van der Waals surface area contributed by atoms with Gasteiger partial charge in [0.25, 0.3) is 5.56 Å². The van der Waals surface area contributed by atoms with Crippen LogP contribution in [0.4, 0.5) is 5.69 Å². The summed E-state index contributed by atoms with van der Waals surface area (Å²) in [4.78, 5) is 28.9. The number of benzene rings is 2. The van der Waals surface area contributed by atoms with Crippen molar-refractivity contribution in [2.75, 3.05) is 14.2 Å². The largest absolute Gasteiger partial charge is 1.00 e. The number of hydrogen-bond acceptors (Lipinski definition) is 6. The summed E-state index contributed by atoms with van der Waals surface area (Å²) in [6.07, 6.45) is 1.31. The molecule has 0 saturated heterocycles. The Balaban J connectivity index is 0.00000320. The molecule has 0 fully saturated rings. The Morgan fingerprint density at radius 2 is 1.77 bits per heavy atom. The van der Waals surface area contributed by atoms with Crippen LogP contribution in [0.15, 0.2) is 52.3 Å². The van der Waals surface area contributed by atoms with Crippen LogP contribution in [-0.2, 0) is 7.05 Å². The van der Waals surface area contributed by atoms with Crippen LogP contribution in [0.25, 0.3) is 5.69 Å². The van der Waals surface area contributed by atoms with E-state index in [1.54, 1.807) is 24.7 Å². The molecular formula is C21H20N3NaO5. The van der Waals surface area contributed by atoms with E-state index in [0.717, 1.165) is 0 Å². The van der Waals surface area contributed by atoms with Crippen LogP contribution in [-0.4, -0.2) is 35.8 Å². The van der Waals surface area contributed by atoms with Gasteiger partial charge in [-0.25, -0.2) is 9.67 Å². The molecule has 0 atom stereocenters. The molecule has 0 N–H and O–H groups in total. The third kappa shape index (κ3) is 4.21. The maximum absolute atomic E-state index is 12.9. The van der Waals surface area contributed by atoms with Gasteiger partial charge in [-0.2, -0.15) is 0 Å². The fourth-order valence-corrected chi connectivity index (χ4v) is 3.10. The molecule has 0 bridgehead atoms. The molecule has 0 aliphatic heterocycles. The first-order valence-electron chi connectivity index (χ1n) is 8.75. The van der Waals surface area contributed by atoms with E-state index in [1.165, 1.54) is 31.2 Å². The second kappa shape index (κ2) is 9.80. The molecule has 8 nitrogen and oxygen atoms in total. The number of carboxylic acid groups (broad SMARTS) is 1. The van der Waals surface area contributed by atoms with Gasteiger partial charge in [-0.05, 0) is 31.2 Å². The van der Waals surface area contributed by atoms with Crippen molar-refractivity contribution in [1.29, 1.82) is 0 Å². The van der Waals surface area contributed by atoms with Crippen molar-refractivity contribution in [1.82, 2.24) is 9.36 Å². The average Bonchev–Trinajstić information content (AvgIpc) is 2.94. The number of nitrogens with zero attached hydrogens (tertiary/aromatic N) is 3. The molecule has 3 rings (SSSR count). The number of para-hydroxylation sites is 1. The predicted octanol–water partition coefficient (Wildman–Crippen LogP) is -1.38.